The Kier molecular flexibility index (Phi) is 4.84. The fourth-order valence-electron chi connectivity index (χ4n) is 1.55. The van der Waals surface area contributed by atoms with Gasteiger partial charge in [0.15, 0.2) is 0 Å². The summed E-state index contributed by atoms with van der Waals surface area (Å²) in [7, 11) is 1.64. The number of hydrogen-bond donors (Lipinski definition) is 1. The van der Waals surface area contributed by atoms with Gasteiger partial charge in [-0.15, -0.1) is 5.10 Å². The van der Waals surface area contributed by atoms with Crippen molar-refractivity contribution in [3.63, 3.8) is 0 Å². The first-order valence-corrected chi connectivity index (χ1v) is 6.15. The van der Waals surface area contributed by atoms with Gasteiger partial charge < -0.3 is 10.1 Å². The molecular formula is C12H14ClFN4O. The highest BCUT2D eigenvalue weighted by molar-refractivity contribution is 6.30. The molecule has 5 nitrogen and oxygen atoms in total. The normalized spacial score (nSPS) is 10.9. The maximum absolute atomic E-state index is 13.7. The number of hydrogen-bond acceptors (Lipinski definition) is 4. The highest BCUT2D eigenvalue weighted by atomic mass is 35.5. The molecule has 0 aliphatic carbocycles. The molecule has 0 unspecified atom stereocenters. The van der Waals surface area contributed by atoms with E-state index in [4.69, 9.17) is 16.3 Å². The first-order valence-electron chi connectivity index (χ1n) is 5.77. The fourth-order valence-corrected chi connectivity index (χ4v) is 1.71. The van der Waals surface area contributed by atoms with Crippen LogP contribution < -0.4 is 5.32 Å². The number of nitrogens with zero attached hydrogens (tertiary/aromatic N) is 3. The van der Waals surface area contributed by atoms with E-state index >= 15 is 0 Å². The van der Waals surface area contributed by atoms with E-state index in [1.807, 2.05) is 0 Å². The van der Waals surface area contributed by atoms with E-state index in [-0.39, 0.29) is 0 Å². The minimum Gasteiger partial charge on any atom is -0.383 e. The van der Waals surface area contributed by atoms with Crippen molar-refractivity contribution < 1.29 is 9.13 Å². The van der Waals surface area contributed by atoms with Crippen LogP contribution in [0.3, 0.4) is 0 Å². The average Bonchev–Trinajstić information content (AvgIpc) is 2.83. The molecule has 102 valence electrons. The van der Waals surface area contributed by atoms with Gasteiger partial charge in [-0.3, -0.25) is 0 Å². The molecule has 1 N–H and O–H groups in total. The van der Waals surface area contributed by atoms with Crippen molar-refractivity contribution in [2.24, 2.45) is 0 Å². The summed E-state index contributed by atoms with van der Waals surface area (Å²) >= 11 is 5.70. The number of aromatic nitrogens is 3. The van der Waals surface area contributed by atoms with Crippen LogP contribution >= 0.6 is 11.6 Å². The molecule has 2 aromatic rings. The highest BCUT2D eigenvalue weighted by Gasteiger charge is 2.08. The van der Waals surface area contributed by atoms with E-state index < -0.39 is 5.82 Å². The molecule has 19 heavy (non-hydrogen) atoms. The minimum atomic E-state index is -0.434. The van der Waals surface area contributed by atoms with Gasteiger partial charge >= 0.3 is 0 Å². The second-order valence-corrected chi connectivity index (χ2v) is 4.36. The molecular weight excluding hydrogens is 271 g/mol. The molecule has 0 fully saturated rings. The van der Waals surface area contributed by atoms with E-state index in [1.54, 1.807) is 25.4 Å². The van der Waals surface area contributed by atoms with E-state index in [2.05, 4.69) is 15.6 Å². The second kappa shape index (κ2) is 6.60. The summed E-state index contributed by atoms with van der Waals surface area (Å²) in [5.41, 5.74) is 1.05. The lowest BCUT2D eigenvalue weighted by Crippen LogP contribution is -2.18. The van der Waals surface area contributed by atoms with Gasteiger partial charge in [0.05, 0.1) is 18.5 Å². The monoisotopic (exact) mass is 284 g/mol. The SMILES string of the molecule is COCCNCc1cn(-c2ccc(Cl)cc2F)nn1. The van der Waals surface area contributed by atoms with E-state index in [9.17, 15) is 4.39 Å². The van der Waals surface area contributed by atoms with Crippen molar-refractivity contribution in [3.05, 3.63) is 40.9 Å². The molecule has 7 heteroatoms. The summed E-state index contributed by atoms with van der Waals surface area (Å²) in [4.78, 5) is 0. The van der Waals surface area contributed by atoms with Gasteiger partial charge in [0.2, 0.25) is 0 Å². The van der Waals surface area contributed by atoms with Crippen LogP contribution in [0.5, 0.6) is 0 Å². The standard InChI is InChI=1S/C12H14ClFN4O/c1-19-5-4-15-7-10-8-18(17-16-10)12-3-2-9(13)6-11(12)14/h2-3,6,8,15H,4-5,7H2,1H3. The zero-order valence-electron chi connectivity index (χ0n) is 10.4. The smallest absolute Gasteiger partial charge is 0.150 e. The molecule has 0 saturated carbocycles. The van der Waals surface area contributed by atoms with Crippen LogP contribution in [0.1, 0.15) is 5.69 Å². The first kappa shape index (κ1) is 13.9. The van der Waals surface area contributed by atoms with Gasteiger partial charge in [0.1, 0.15) is 11.5 Å². The van der Waals surface area contributed by atoms with Gasteiger partial charge in [0.25, 0.3) is 0 Å². The Morgan fingerprint density at radius 1 is 1.47 bits per heavy atom. The zero-order chi connectivity index (χ0) is 13.7. The lowest BCUT2D eigenvalue weighted by molar-refractivity contribution is 0.199. The fraction of sp³-hybridized carbons (Fsp3) is 0.333. The summed E-state index contributed by atoms with van der Waals surface area (Å²) in [6.45, 7) is 1.90. The van der Waals surface area contributed by atoms with Crippen molar-refractivity contribution in [1.29, 1.82) is 0 Å². The number of rotatable bonds is 6. The third kappa shape index (κ3) is 3.73. The van der Waals surface area contributed by atoms with Crippen molar-refractivity contribution in [3.8, 4) is 5.69 Å². The third-order valence-electron chi connectivity index (χ3n) is 2.49. The van der Waals surface area contributed by atoms with Crippen LogP contribution in [-0.4, -0.2) is 35.3 Å². The quantitative estimate of drug-likeness (QED) is 0.822. The largest absolute Gasteiger partial charge is 0.383 e. The lowest BCUT2D eigenvalue weighted by atomic mass is 10.3. The van der Waals surface area contributed by atoms with Gasteiger partial charge in [0, 0.05) is 25.2 Å². The molecule has 1 aromatic carbocycles. The molecule has 0 saturated heterocycles. The molecule has 0 radical (unpaired) electrons. The Morgan fingerprint density at radius 2 is 2.32 bits per heavy atom. The Balaban J connectivity index is 2.04. The van der Waals surface area contributed by atoms with Gasteiger partial charge in [-0.2, -0.15) is 0 Å². The molecule has 1 aromatic heterocycles. The van der Waals surface area contributed by atoms with E-state index in [1.165, 1.54) is 10.7 Å². The maximum atomic E-state index is 13.7. The number of halogens is 2. The number of ether oxygens (including phenoxy) is 1. The molecule has 0 amide bonds. The Bertz CT molecular complexity index is 546. The minimum absolute atomic E-state index is 0.319. The van der Waals surface area contributed by atoms with E-state index in [0.29, 0.717) is 23.9 Å². The number of methoxy groups -OCH3 is 1. The van der Waals surface area contributed by atoms with E-state index in [0.717, 1.165) is 12.2 Å². The van der Waals surface area contributed by atoms with Crippen LogP contribution in [0.25, 0.3) is 5.69 Å². The lowest BCUT2D eigenvalue weighted by Gasteiger charge is -2.02. The van der Waals surface area contributed by atoms with Crippen LogP contribution in [0, 0.1) is 5.82 Å². The summed E-state index contributed by atoms with van der Waals surface area (Å²) in [5, 5.41) is 11.3. The van der Waals surface area contributed by atoms with Crippen molar-refractivity contribution in [2.75, 3.05) is 20.3 Å². The topological polar surface area (TPSA) is 52.0 Å². The molecule has 0 aliphatic rings. The maximum Gasteiger partial charge on any atom is 0.150 e. The zero-order valence-corrected chi connectivity index (χ0v) is 11.2. The highest BCUT2D eigenvalue weighted by Crippen LogP contribution is 2.17. The summed E-state index contributed by atoms with van der Waals surface area (Å²) in [5.74, 6) is -0.434. The average molecular weight is 285 g/mol. The molecule has 0 spiro atoms. The molecule has 0 atom stereocenters. The Morgan fingerprint density at radius 3 is 3.05 bits per heavy atom. The molecule has 2 rings (SSSR count). The van der Waals surface area contributed by atoms with Crippen LogP contribution in [-0.2, 0) is 11.3 Å². The molecule has 1 heterocycles. The van der Waals surface area contributed by atoms with Crippen LogP contribution in [0.2, 0.25) is 5.02 Å². The predicted molar refractivity (Wildman–Crippen MR) is 69.9 cm³/mol. The first-order chi connectivity index (χ1) is 9.20. The second-order valence-electron chi connectivity index (χ2n) is 3.92. The van der Waals surface area contributed by atoms with Crippen molar-refractivity contribution in [1.82, 2.24) is 20.3 Å². The van der Waals surface area contributed by atoms with Crippen LogP contribution in [0.15, 0.2) is 24.4 Å². The molecule has 0 bridgehead atoms. The summed E-state index contributed by atoms with van der Waals surface area (Å²) in [6, 6.07) is 4.42. The van der Waals surface area contributed by atoms with Gasteiger partial charge in [-0.1, -0.05) is 16.8 Å². The molecule has 0 aliphatic heterocycles. The van der Waals surface area contributed by atoms with Gasteiger partial charge in [-0.25, -0.2) is 9.07 Å². The third-order valence-corrected chi connectivity index (χ3v) is 2.72. The Labute approximate surface area is 115 Å². The van der Waals surface area contributed by atoms with Crippen molar-refractivity contribution in [2.45, 2.75) is 6.54 Å². The summed E-state index contributed by atoms with van der Waals surface area (Å²) in [6.07, 6.45) is 1.67. The van der Waals surface area contributed by atoms with Crippen molar-refractivity contribution >= 4 is 11.6 Å². The number of nitrogens with one attached hydrogen (secondary N) is 1. The number of benzene rings is 1. The summed E-state index contributed by atoms with van der Waals surface area (Å²) < 4.78 is 20.0. The van der Waals surface area contributed by atoms with Gasteiger partial charge in [-0.05, 0) is 18.2 Å². The predicted octanol–water partition coefficient (Wildman–Crippen LogP) is 1.80. The van der Waals surface area contributed by atoms with Crippen LogP contribution in [0.4, 0.5) is 4.39 Å². The Hall–Kier alpha value is -1.50.